The number of hydrogen-bond donors (Lipinski definition) is 2. The molecule has 2 nitrogen and oxygen atoms in total. The first kappa shape index (κ1) is 21.8. The first-order valence-corrected chi connectivity index (χ1v) is 11.6. The van der Waals surface area contributed by atoms with Gasteiger partial charge < -0.3 is 10.2 Å². The third-order valence-electron chi connectivity index (χ3n) is 8.46. The summed E-state index contributed by atoms with van der Waals surface area (Å²) < 4.78 is 0. The van der Waals surface area contributed by atoms with E-state index in [-0.39, 0.29) is 23.0 Å². The van der Waals surface area contributed by atoms with Gasteiger partial charge in [0.15, 0.2) is 0 Å². The van der Waals surface area contributed by atoms with Crippen LogP contribution in [0.4, 0.5) is 0 Å². The van der Waals surface area contributed by atoms with E-state index < -0.39 is 0 Å². The maximum absolute atomic E-state index is 11.1. The molecule has 2 aliphatic carbocycles. The van der Waals surface area contributed by atoms with Crippen molar-refractivity contribution in [3.8, 4) is 0 Å². The Morgan fingerprint density at radius 2 is 1.54 bits per heavy atom. The molecule has 2 saturated carbocycles. The molecule has 0 bridgehead atoms. The van der Waals surface area contributed by atoms with E-state index >= 15 is 0 Å². The minimum atomic E-state index is -0.263. The van der Waals surface area contributed by atoms with Crippen molar-refractivity contribution in [2.24, 2.45) is 23.7 Å². The summed E-state index contributed by atoms with van der Waals surface area (Å²) in [5, 5.41) is 21.8. The van der Waals surface area contributed by atoms with E-state index in [0.29, 0.717) is 23.7 Å². The van der Waals surface area contributed by atoms with Crippen molar-refractivity contribution in [2.75, 3.05) is 0 Å². The lowest BCUT2D eigenvalue weighted by Crippen LogP contribution is -2.48. The van der Waals surface area contributed by atoms with Crippen LogP contribution in [0, 0.1) is 23.7 Å². The van der Waals surface area contributed by atoms with Crippen molar-refractivity contribution >= 4 is 0 Å². The molecule has 2 heteroatoms. The van der Waals surface area contributed by atoms with Gasteiger partial charge in [-0.2, -0.15) is 0 Å². The lowest BCUT2D eigenvalue weighted by Gasteiger charge is -2.47. The zero-order chi connectivity index (χ0) is 20.7. The SMILES string of the molecule is CC1CCC(c2ccc(C3(C)CCC(C(C)C)C(O)C3)cc2)(C(C)C)C(O)C1. The molecule has 158 valence electrons. The van der Waals surface area contributed by atoms with Crippen molar-refractivity contribution in [1.82, 2.24) is 0 Å². The summed E-state index contributed by atoms with van der Waals surface area (Å²) in [5.41, 5.74) is 2.56. The van der Waals surface area contributed by atoms with Crippen molar-refractivity contribution in [2.45, 2.75) is 103 Å². The largest absolute Gasteiger partial charge is 0.393 e. The molecular weight excluding hydrogens is 344 g/mol. The van der Waals surface area contributed by atoms with Crippen LogP contribution in [0.15, 0.2) is 24.3 Å². The van der Waals surface area contributed by atoms with Crippen LogP contribution in [0.2, 0.25) is 0 Å². The van der Waals surface area contributed by atoms with Crippen LogP contribution in [0.25, 0.3) is 0 Å². The van der Waals surface area contributed by atoms with Crippen molar-refractivity contribution in [3.63, 3.8) is 0 Å². The van der Waals surface area contributed by atoms with E-state index in [1.54, 1.807) is 0 Å². The highest BCUT2D eigenvalue weighted by Crippen LogP contribution is 2.48. The smallest absolute Gasteiger partial charge is 0.0641 e. The van der Waals surface area contributed by atoms with E-state index in [1.165, 1.54) is 17.5 Å². The molecular formula is C26H42O2. The normalized spacial score (nSPS) is 39.5. The van der Waals surface area contributed by atoms with Crippen LogP contribution in [0.1, 0.15) is 91.2 Å². The lowest BCUT2D eigenvalue weighted by atomic mass is 9.59. The van der Waals surface area contributed by atoms with Gasteiger partial charge in [0.2, 0.25) is 0 Å². The molecule has 0 aliphatic heterocycles. The fourth-order valence-corrected chi connectivity index (χ4v) is 6.32. The summed E-state index contributed by atoms with van der Waals surface area (Å²) in [6.45, 7) is 13.6. The molecule has 0 radical (unpaired) electrons. The molecule has 0 heterocycles. The molecule has 1 aromatic carbocycles. The molecule has 2 N–H and O–H groups in total. The molecule has 28 heavy (non-hydrogen) atoms. The van der Waals surface area contributed by atoms with E-state index in [9.17, 15) is 10.2 Å². The van der Waals surface area contributed by atoms with Crippen molar-refractivity contribution in [1.29, 1.82) is 0 Å². The van der Waals surface area contributed by atoms with Crippen molar-refractivity contribution in [3.05, 3.63) is 35.4 Å². The summed E-state index contributed by atoms with van der Waals surface area (Å²) in [6, 6.07) is 9.13. The summed E-state index contributed by atoms with van der Waals surface area (Å²) in [7, 11) is 0. The Balaban J connectivity index is 1.85. The maximum Gasteiger partial charge on any atom is 0.0641 e. The molecule has 2 fully saturated rings. The molecule has 3 rings (SSSR count). The molecule has 0 amide bonds. The number of aliphatic hydroxyl groups excluding tert-OH is 2. The molecule has 0 saturated heterocycles. The standard InChI is InChI=1S/C26H42O2/c1-17(2)22-12-13-25(6,16-23(22)27)20-7-9-21(10-8-20)26(18(3)4)14-11-19(5)15-24(26)28/h7-10,17-19,22-24,27-28H,11-16H2,1-6H3. The molecule has 6 unspecified atom stereocenters. The van der Waals surface area contributed by atoms with Gasteiger partial charge in [-0.15, -0.1) is 0 Å². The lowest BCUT2D eigenvalue weighted by molar-refractivity contribution is -0.00322. The minimum Gasteiger partial charge on any atom is -0.393 e. The van der Waals surface area contributed by atoms with Gasteiger partial charge in [0.05, 0.1) is 12.2 Å². The first-order chi connectivity index (χ1) is 13.1. The maximum atomic E-state index is 11.1. The third-order valence-corrected chi connectivity index (χ3v) is 8.46. The van der Waals surface area contributed by atoms with Gasteiger partial charge in [0, 0.05) is 5.41 Å². The topological polar surface area (TPSA) is 40.5 Å². The Bertz CT molecular complexity index is 649. The quantitative estimate of drug-likeness (QED) is 0.683. The van der Waals surface area contributed by atoms with Crippen LogP contribution < -0.4 is 0 Å². The highest BCUT2D eigenvalue weighted by Gasteiger charge is 2.46. The van der Waals surface area contributed by atoms with E-state index in [0.717, 1.165) is 32.1 Å². The zero-order valence-corrected chi connectivity index (χ0v) is 18.9. The third kappa shape index (κ3) is 3.79. The van der Waals surface area contributed by atoms with Crippen LogP contribution in [-0.4, -0.2) is 22.4 Å². The second kappa shape index (κ2) is 8.11. The highest BCUT2D eigenvalue weighted by atomic mass is 16.3. The fourth-order valence-electron chi connectivity index (χ4n) is 6.32. The second-order valence-corrected chi connectivity index (χ2v) is 10.9. The number of hydrogen-bond acceptors (Lipinski definition) is 2. The van der Waals surface area contributed by atoms with Crippen LogP contribution >= 0.6 is 0 Å². The Labute approximate surface area is 172 Å². The van der Waals surface area contributed by atoms with E-state index in [2.05, 4.69) is 65.8 Å². The second-order valence-electron chi connectivity index (χ2n) is 10.9. The summed E-state index contributed by atoms with van der Waals surface area (Å²) in [4.78, 5) is 0. The van der Waals surface area contributed by atoms with E-state index in [1.807, 2.05) is 0 Å². The first-order valence-electron chi connectivity index (χ1n) is 11.6. The Kier molecular flexibility index (Phi) is 6.32. The molecule has 2 aliphatic rings. The van der Waals surface area contributed by atoms with Crippen molar-refractivity contribution < 1.29 is 10.2 Å². The molecule has 6 atom stereocenters. The molecule has 0 aromatic heterocycles. The van der Waals surface area contributed by atoms with Gasteiger partial charge >= 0.3 is 0 Å². The highest BCUT2D eigenvalue weighted by molar-refractivity contribution is 5.35. The average molecular weight is 387 g/mol. The number of aliphatic hydroxyl groups is 2. The van der Waals surface area contributed by atoms with Crippen LogP contribution in [-0.2, 0) is 10.8 Å². The number of benzene rings is 1. The van der Waals surface area contributed by atoms with Gasteiger partial charge in [-0.25, -0.2) is 0 Å². The monoisotopic (exact) mass is 386 g/mol. The summed E-state index contributed by atoms with van der Waals surface area (Å²) >= 11 is 0. The Morgan fingerprint density at radius 3 is 2.04 bits per heavy atom. The summed E-state index contributed by atoms with van der Waals surface area (Å²) in [6.07, 6.45) is 5.79. The van der Waals surface area contributed by atoms with Gasteiger partial charge in [-0.3, -0.25) is 0 Å². The minimum absolute atomic E-state index is 0.0496. The average Bonchev–Trinajstić information content (AvgIpc) is 2.61. The van der Waals surface area contributed by atoms with Crippen LogP contribution in [0.5, 0.6) is 0 Å². The predicted octanol–water partition coefficient (Wildman–Crippen LogP) is 5.84. The number of rotatable bonds is 4. The molecule has 0 spiro atoms. The molecule has 1 aromatic rings. The van der Waals surface area contributed by atoms with Gasteiger partial charge in [-0.05, 0) is 78.7 Å². The Hall–Kier alpha value is -0.860. The predicted molar refractivity (Wildman–Crippen MR) is 118 cm³/mol. The zero-order valence-electron chi connectivity index (χ0n) is 18.9. The Morgan fingerprint density at radius 1 is 0.929 bits per heavy atom. The van der Waals surface area contributed by atoms with Crippen LogP contribution in [0.3, 0.4) is 0 Å². The van der Waals surface area contributed by atoms with E-state index in [4.69, 9.17) is 0 Å². The van der Waals surface area contributed by atoms with Gasteiger partial charge in [0.25, 0.3) is 0 Å². The van der Waals surface area contributed by atoms with Gasteiger partial charge in [-0.1, -0.05) is 65.8 Å². The van der Waals surface area contributed by atoms with Gasteiger partial charge in [0.1, 0.15) is 0 Å². The summed E-state index contributed by atoms with van der Waals surface area (Å²) in [5.74, 6) is 2.00. The fraction of sp³-hybridized carbons (Fsp3) is 0.769.